The van der Waals surface area contributed by atoms with E-state index in [0.29, 0.717) is 17.2 Å². The van der Waals surface area contributed by atoms with E-state index in [9.17, 15) is 4.79 Å². The summed E-state index contributed by atoms with van der Waals surface area (Å²) in [7, 11) is 1.93. The quantitative estimate of drug-likeness (QED) is 0.561. The highest BCUT2D eigenvalue weighted by Crippen LogP contribution is 2.34. The largest absolute Gasteiger partial charge is 0.444 e. The number of H-pyrrole nitrogens is 1. The molecule has 0 fully saturated rings. The molecule has 0 saturated heterocycles. The van der Waals surface area contributed by atoms with E-state index in [1.54, 1.807) is 33.0 Å². The average molecular weight is 471 g/mol. The van der Waals surface area contributed by atoms with Crippen molar-refractivity contribution in [3.05, 3.63) is 27.4 Å². The number of imidazole rings is 1. The van der Waals surface area contributed by atoms with Gasteiger partial charge in [-0.2, -0.15) is 0 Å². The molecule has 25 heavy (non-hydrogen) atoms. The van der Waals surface area contributed by atoms with Crippen LogP contribution in [-0.4, -0.2) is 31.2 Å². The van der Waals surface area contributed by atoms with Crippen LogP contribution in [0.4, 0.5) is 10.7 Å². The fourth-order valence-corrected chi connectivity index (χ4v) is 3.14. The van der Waals surface area contributed by atoms with Crippen molar-refractivity contribution in [2.45, 2.75) is 26.4 Å². The Bertz CT molecular complexity index is 955. The third-order valence-corrected chi connectivity index (χ3v) is 5.47. The zero-order chi connectivity index (χ0) is 18.4. The summed E-state index contributed by atoms with van der Waals surface area (Å²) < 4.78 is 9.04. The molecule has 3 aromatic rings. The minimum atomic E-state index is -0.579. The van der Waals surface area contributed by atoms with Gasteiger partial charge in [0.2, 0.25) is 5.95 Å². The Kier molecular flexibility index (Phi) is 4.63. The fraction of sp³-hybridized carbons (Fsp3) is 0.312. The molecule has 3 heterocycles. The summed E-state index contributed by atoms with van der Waals surface area (Å²) in [5.41, 5.74) is 2.45. The third-order valence-electron chi connectivity index (χ3n) is 3.38. The number of carbonyl (C=O) groups is 1. The number of halogens is 2. The molecular weight excluding hydrogens is 454 g/mol. The number of anilines is 1. The van der Waals surface area contributed by atoms with Gasteiger partial charge in [0, 0.05) is 13.2 Å². The lowest BCUT2D eigenvalue weighted by atomic mass is 10.2. The van der Waals surface area contributed by atoms with Gasteiger partial charge < -0.3 is 14.3 Å². The number of ether oxygens (including phenoxy) is 1. The highest BCUT2D eigenvalue weighted by molar-refractivity contribution is 9.13. The fourth-order valence-electron chi connectivity index (χ4n) is 2.35. The molecule has 132 valence electrons. The summed E-state index contributed by atoms with van der Waals surface area (Å²) in [4.78, 5) is 23.9. The summed E-state index contributed by atoms with van der Waals surface area (Å²) in [6, 6.07) is 3.76. The molecule has 0 saturated carbocycles. The van der Waals surface area contributed by atoms with Crippen LogP contribution in [0.1, 0.15) is 20.8 Å². The molecule has 3 aromatic heterocycles. The number of hydrogen-bond donors (Lipinski definition) is 2. The SMILES string of the molecule is Cn1c(-c2nccc3[nH]c(NC(=O)OC(C)(C)C)nc23)cc(Br)c1Br. The first kappa shape index (κ1) is 17.9. The number of nitrogens with zero attached hydrogens (tertiary/aromatic N) is 3. The predicted octanol–water partition coefficient (Wildman–Crippen LogP) is 4.84. The zero-order valence-corrected chi connectivity index (χ0v) is 17.3. The first-order valence-corrected chi connectivity index (χ1v) is 9.10. The molecule has 0 unspecified atom stereocenters. The maximum Gasteiger partial charge on any atom is 0.414 e. The number of aromatic nitrogens is 4. The maximum atomic E-state index is 11.9. The van der Waals surface area contributed by atoms with Crippen LogP contribution in [0.3, 0.4) is 0 Å². The first-order chi connectivity index (χ1) is 11.7. The monoisotopic (exact) mass is 469 g/mol. The summed E-state index contributed by atoms with van der Waals surface area (Å²) in [6.07, 6.45) is 1.13. The van der Waals surface area contributed by atoms with Gasteiger partial charge in [-0.05, 0) is 64.8 Å². The maximum absolute atomic E-state index is 11.9. The molecule has 0 bridgehead atoms. The second-order valence-corrected chi connectivity index (χ2v) is 8.10. The van der Waals surface area contributed by atoms with Crippen LogP contribution in [0, 0.1) is 0 Å². The number of fused-ring (bicyclic) bond motifs is 1. The Morgan fingerprint density at radius 2 is 2.08 bits per heavy atom. The summed E-state index contributed by atoms with van der Waals surface area (Å²) in [5, 5.41) is 2.62. The minimum absolute atomic E-state index is 0.311. The van der Waals surface area contributed by atoms with Gasteiger partial charge in [-0.15, -0.1) is 0 Å². The van der Waals surface area contributed by atoms with Crippen LogP contribution in [0.2, 0.25) is 0 Å². The van der Waals surface area contributed by atoms with E-state index in [1.807, 2.05) is 17.7 Å². The normalized spacial score (nSPS) is 11.8. The van der Waals surface area contributed by atoms with Crippen molar-refractivity contribution >= 4 is 54.9 Å². The van der Waals surface area contributed by atoms with Crippen LogP contribution in [-0.2, 0) is 11.8 Å². The molecule has 7 nitrogen and oxygen atoms in total. The number of nitrogens with one attached hydrogen (secondary N) is 2. The van der Waals surface area contributed by atoms with E-state index < -0.39 is 11.7 Å². The first-order valence-electron chi connectivity index (χ1n) is 7.51. The van der Waals surface area contributed by atoms with Gasteiger partial charge in [-0.1, -0.05) is 0 Å². The van der Waals surface area contributed by atoms with Crippen LogP contribution in [0.5, 0.6) is 0 Å². The van der Waals surface area contributed by atoms with Gasteiger partial charge in [-0.25, -0.2) is 9.78 Å². The van der Waals surface area contributed by atoms with Crippen LogP contribution < -0.4 is 5.32 Å². The molecule has 0 aromatic carbocycles. The van der Waals surface area contributed by atoms with E-state index in [4.69, 9.17) is 4.74 Å². The third kappa shape index (κ3) is 3.72. The Hall–Kier alpha value is -1.87. The second kappa shape index (κ2) is 6.45. The van der Waals surface area contributed by atoms with Gasteiger partial charge in [0.25, 0.3) is 0 Å². The van der Waals surface area contributed by atoms with Gasteiger partial charge in [0.15, 0.2) is 0 Å². The van der Waals surface area contributed by atoms with Crippen molar-refractivity contribution < 1.29 is 9.53 Å². The van der Waals surface area contributed by atoms with E-state index >= 15 is 0 Å². The average Bonchev–Trinajstić information content (AvgIpc) is 3.00. The standard InChI is InChI=1S/C16H17Br2N5O2/c1-16(2,3)25-15(24)22-14-20-9-5-6-19-12(11(9)21-14)10-7-8(17)13(18)23(10)4/h5-7H,1-4H3,(H2,20,21,22,24). The lowest BCUT2D eigenvalue weighted by Gasteiger charge is -2.18. The molecule has 2 N–H and O–H groups in total. The van der Waals surface area contributed by atoms with Crippen molar-refractivity contribution in [1.82, 2.24) is 19.5 Å². The topological polar surface area (TPSA) is 84.8 Å². The molecule has 0 atom stereocenters. The number of aromatic amines is 1. The molecule has 3 rings (SSSR count). The number of amides is 1. The second-order valence-electron chi connectivity index (χ2n) is 6.50. The van der Waals surface area contributed by atoms with Gasteiger partial charge in [0.05, 0.1) is 20.3 Å². The Morgan fingerprint density at radius 3 is 2.68 bits per heavy atom. The highest BCUT2D eigenvalue weighted by Gasteiger charge is 2.19. The number of pyridine rings is 1. The van der Waals surface area contributed by atoms with Crippen LogP contribution in [0.15, 0.2) is 27.4 Å². The van der Waals surface area contributed by atoms with E-state index in [2.05, 4.69) is 52.1 Å². The lowest BCUT2D eigenvalue weighted by Crippen LogP contribution is -2.27. The Balaban J connectivity index is 1.99. The molecular formula is C16H17Br2N5O2. The minimum Gasteiger partial charge on any atom is -0.444 e. The molecule has 0 radical (unpaired) electrons. The van der Waals surface area contributed by atoms with Gasteiger partial charge in [-0.3, -0.25) is 10.3 Å². The Labute approximate surface area is 161 Å². The summed E-state index contributed by atoms with van der Waals surface area (Å²) in [6.45, 7) is 5.41. The number of rotatable bonds is 2. The van der Waals surface area contributed by atoms with Gasteiger partial charge in [0.1, 0.15) is 16.8 Å². The van der Waals surface area contributed by atoms with E-state index in [-0.39, 0.29) is 0 Å². The van der Waals surface area contributed by atoms with Crippen molar-refractivity contribution in [1.29, 1.82) is 0 Å². The van der Waals surface area contributed by atoms with Crippen molar-refractivity contribution in [2.24, 2.45) is 7.05 Å². The molecule has 1 amide bonds. The molecule has 0 spiro atoms. The van der Waals surface area contributed by atoms with E-state index in [1.165, 1.54) is 0 Å². The van der Waals surface area contributed by atoms with Crippen LogP contribution in [0.25, 0.3) is 22.4 Å². The van der Waals surface area contributed by atoms with Crippen molar-refractivity contribution in [3.63, 3.8) is 0 Å². The predicted molar refractivity (Wildman–Crippen MR) is 104 cm³/mol. The molecule has 0 aliphatic heterocycles. The molecule has 9 heteroatoms. The van der Waals surface area contributed by atoms with Crippen LogP contribution >= 0.6 is 31.9 Å². The van der Waals surface area contributed by atoms with Crippen molar-refractivity contribution in [2.75, 3.05) is 5.32 Å². The summed E-state index contributed by atoms with van der Waals surface area (Å²) >= 11 is 7.01. The zero-order valence-electron chi connectivity index (χ0n) is 14.1. The highest BCUT2D eigenvalue weighted by atomic mass is 79.9. The van der Waals surface area contributed by atoms with Gasteiger partial charge >= 0.3 is 6.09 Å². The smallest absolute Gasteiger partial charge is 0.414 e. The Morgan fingerprint density at radius 1 is 1.36 bits per heavy atom. The van der Waals surface area contributed by atoms with Crippen molar-refractivity contribution in [3.8, 4) is 11.4 Å². The van der Waals surface area contributed by atoms with E-state index in [0.717, 1.165) is 20.3 Å². The number of carbonyl (C=O) groups excluding carboxylic acids is 1. The molecule has 0 aliphatic rings. The summed E-state index contributed by atoms with van der Waals surface area (Å²) in [5.74, 6) is 0.311. The number of hydrogen-bond acceptors (Lipinski definition) is 4. The lowest BCUT2D eigenvalue weighted by molar-refractivity contribution is 0.0635. The molecule has 0 aliphatic carbocycles.